The first kappa shape index (κ1) is 11.1. The predicted molar refractivity (Wildman–Crippen MR) is 61.4 cm³/mol. The second-order valence-corrected chi connectivity index (χ2v) is 3.35. The quantitative estimate of drug-likeness (QED) is 0.871. The van der Waals surface area contributed by atoms with E-state index in [-0.39, 0.29) is 6.61 Å². The minimum Gasteiger partial charge on any atom is -0.454 e. The molecule has 0 atom stereocenters. The van der Waals surface area contributed by atoms with Gasteiger partial charge >= 0.3 is 0 Å². The molecule has 2 aromatic rings. The van der Waals surface area contributed by atoms with Gasteiger partial charge in [0.25, 0.3) is 0 Å². The summed E-state index contributed by atoms with van der Waals surface area (Å²) in [5.74, 6) is 0.912. The molecule has 0 saturated heterocycles. The Morgan fingerprint density at radius 1 is 1.24 bits per heavy atom. The summed E-state index contributed by atoms with van der Waals surface area (Å²) < 4.78 is 5.58. The van der Waals surface area contributed by atoms with Crippen molar-refractivity contribution in [2.75, 3.05) is 0 Å². The van der Waals surface area contributed by atoms with Gasteiger partial charge in [0.2, 0.25) is 0 Å². The molecule has 0 aliphatic carbocycles. The van der Waals surface area contributed by atoms with Crippen molar-refractivity contribution in [3.8, 4) is 17.6 Å². The van der Waals surface area contributed by atoms with E-state index >= 15 is 0 Å². The molecule has 0 unspecified atom stereocenters. The van der Waals surface area contributed by atoms with Gasteiger partial charge in [0.1, 0.15) is 11.8 Å². The van der Waals surface area contributed by atoms with E-state index in [4.69, 9.17) is 15.1 Å². The van der Waals surface area contributed by atoms with E-state index in [2.05, 4.69) is 4.98 Å². The maximum atomic E-state index is 9.16. The fourth-order valence-electron chi connectivity index (χ4n) is 1.41. The molecule has 1 N–H and O–H groups in total. The van der Waals surface area contributed by atoms with E-state index in [1.807, 2.05) is 12.1 Å². The van der Waals surface area contributed by atoms with Crippen molar-refractivity contribution in [1.29, 1.82) is 5.26 Å². The number of hydrogen-bond donors (Lipinski definition) is 1. The van der Waals surface area contributed by atoms with E-state index in [0.717, 1.165) is 0 Å². The Kier molecular flexibility index (Phi) is 3.34. The second kappa shape index (κ2) is 5.10. The largest absolute Gasteiger partial charge is 0.454 e. The Balaban J connectivity index is 2.35. The van der Waals surface area contributed by atoms with Crippen molar-refractivity contribution in [2.45, 2.75) is 6.61 Å². The summed E-state index contributed by atoms with van der Waals surface area (Å²) in [6, 6.07) is 10.7. The van der Waals surface area contributed by atoms with E-state index in [9.17, 15) is 0 Å². The monoisotopic (exact) mass is 226 g/mol. The lowest BCUT2D eigenvalue weighted by Crippen LogP contribution is -1.93. The first-order valence-corrected chi connectivity index (χ1v) is 5.06. The molecule has 84 valence electrons. The maximum absolute atomic E-state index is 9.16. The average molecular weight is 226 g/mol. The number of para-hydroxylation sites is 1. The molecule has 4 heteroatoms. The predicted octanol–water partition coefficient (Wildman–Crippen LogP) is 2.24. The van der Waals surface area contributed by atoms with Gasteiger partial charge in [0.05, 0.1) is 18.4 Å². The molecule has 1 heterocycles. The van der Waals surface area contributed by atoms with Crippen LogP contribution in [0.15, 0.2) is 42.7 Å². The minimum atomic E-state index is -0.113. The molecule has 17 heavy (non-hydrogen) atoms. The summed E-state index contributed by atoms with van der Waals surface area (Å²) in [6.45, 7) is -0.113. The Hall–Kier alpha value is -2.38. The van der Waals surface area contributed by atoms with Crippen molar-refractivity contribution < 1.29 is 9.84 Å². The Morgan fingerprint density at radius 2 is 2.06 bits per heavy atom. The van der Waals surface area contributed by atoms with Gasteiger partial charge in [-0.15, -0.1) is 0 Å². The standard InChI is InChI=1S/C13H10N2O2/c14-7-10-5-6-15-8-13(10)17-12-4-2-1-3-11(12)9-16/h1-6,8,16H,9H2. The average Bonchev–Trinajstić information content (AvgIpc) is 2.40. The molecule has 0 radical (unpaired) electrons. The number of aromatic nitrogens is 1. The van der Waals surface area contributed by atoms with E-state index in [1.165, 1.54) is 12.4 Å². The normalized spacial score (nSPS) is 9.65. The molecule has 0 aliphatic heterocycles. The van der Waals surface area contributed by atoms with Crippen LogP contribution >= 0.6 is 0 Å². The third kappa shape index (κ3) is 2.41. The molecule has 1 aromatic heterocycles. The van der Waals surface area contributed by atoms with Crippen LogP contribution in [-0.4, -0.2) is 10.1 Å². The van der Waals surface area contributed by atoms with Crippen LogP contribution in [0.3, 0.4) is 0 Å². The molecule has 0 amide bonds. The molecular weight excluding hydrogens is 216 g/mol. The van der Waals surface area contributed by atoms with Crippen LogP contribution in [0.4, 0.5) is 0 Å². The van der Waals surface area contributed by atoms with Crippen molar-refractivity contribution in [2.24, 2.45) is 0 Å². The molecule has 4 nitrogen and oxygen atoms in total. The van der Waals surface area contributed by atoms with Gasteiger partial charge in [-0.3, -0.25) is 4.98 Å². The topological polar surface area (TPSA) is 66.1 Å². The number of pyridine rings is 1. The van der Waals surface area contributed by atoms with Gasteiger partial charge < -0.3 is 9.84 Å². The van der Waals surface area contributed by atoms with Crippen LogP contribution in [0.1, 0.15) is 11.1 Å². The molecule has 1 aromatic carbocycles. The number of hydrogen-bond acceptors (Lipinski definition) is 4. The van der Waals surface area contributed by atoms with Crippen molar-refractivity contribution in [3.63, 3.8) is 0 Å². The van der Waals surface area contributed by atoms with Gasteiger partial charge in [-0.25, -0.2) is 0 Å². The number of nitriles is 1. The zero-order chi connectivity index (χ0) is 12.1. The summed E-state index contributed by atoms with van der Waals surface area (Å²) in [5.41, 5.74) is 1.08. The number of nitrogens with zero attached hydrogens (tertiary/aromatic N) is 2. The minimum absolute atomic E-state index is 0.113. The van der Waals surface area contributed by atoms with Crippen LogP contribution in [0.25, 0.3) is 0 Å². The van der Waals surface area contributed by atoms with Gasteiger partial charge in [0.15, 0.2) is 5.75 Å². The van der Waals surface area contributed by atoms with Gasteiger partial charge in [-0.05, 0) is 12.1 Å². The summed E-state index contributed by atoms with van der Waals surface area (Å²) in [7, 11) is 0. The molecule has 0 spiro atoms. The number of ether oxygens (including phenoxy) is 1. The lowest BCUT2D eigenvalue weighted by Gasteiger charge is -2.09. The number of benzene rings is 1. The third-order valence-corrected chi connectivity index (χ3v) is 2.27. The van der Waals surface area contributed by atoms with Gasteiger partial charge in [-0.2, -0.15) is 5.26 Å². The van der Waals surface area contributed by atoms with Crippen LogP contribution in [-0.2, 0) is 6.61 Å². The number of rotatable bonds is 3. The molecule has 0 aliphatic rings. The first-order chi connectivity index (χ1) is 8.35. The highest BCUT2D eigenvalue weighted by atomic mass is 16.5. The lowest BCUT2D eigenvalue weighted by molar-refractivity contribution is 0.276. The number of aliphatic hydroxyl groups is 1. The van der Waals surface area contributed by atoms with Crippen LogP contribution in [0.5, 0.6) is 11.5 Å². The third-order valence-electron chi connectivity index (χ3n) is 2.27. The lowest BCUT2D eigenvalue weighted by atomic mass is 10.2. The van der Waals surface area contributed by atoms with Crippen LogP contribution in [0, 0.1) is 11.3 Å². The van der Waals surface area contributed by atoms with Crippen molar-refractivity contribution >= 4 is 0 Å². The number of aliphatic hydroxyl groups excluding tert-OH is 1. The summed E-state index contributed by atoms with van der Waals surface area (Å²) in [4.78, 5) is 3.91. The highest BCUT2D eigenvalue weighted by Crippen LogP contribution is 2.26. The summed E-state index contributed by atoms with van der Waals surface area (Å²) in [5, 5.41) is 18.1. The molecule has 0 bridgehead atoms. The smallest absolute Gasteiger partial charge is 0.163 e. The van der Waals surface area contributed by atoms with Gasteiger partial charge in [-0.1, -0.05) is 18.2 Å². The van der Waals surface area contributed by atoms with Crippen molar-refractivity contribution in [3.05, 3.63) is 53.9 Å². The Labute approximate surface area is 98.7 Å². The highest BCUT2D eigenvalue weighted by Gasteiger charge is 2.07. The Morgan fingerprint density at radius 3 is 2.82 bits per heavy atom. The second-order valence-electron chi connectivity index (χ2n) is 3.35. The Bertz CT molecular complexity index is 561. The SMILES string of the molecule is N#Cc1ccncc1Oc1ccccc1CO. The maximum Gasteiger partial charge on any atom is 0.163 e. The van der Waals surface area contributed by atoms with E-state index < -0.39 is 0 Å². The summed E-state index contributed by atoms with van der Waals surface area (Å²) in [6.07, 6.45) is 3.01. The zero-order valence-corrected chi connectivity index (χ0v) is 9.00. The molecular formula is C13H10N2O2. The fraction of sp³-hybridized carbons (Fsp3) is 0.0769. The molecule has 0 fully saturated rings. The highest BCUT2D eigenvalue weighted by molar-refractivity contribution is 5.44. The van der Waals surface area contributed by atoms with E-state index in [1.54, 1.807) is 24.3 Å². The first-order valence-electron chi connectivity index (χ1n) is 5.06. The van der Waals surface area contributed by atoms with Crippen molar-refractivity contribution in [1.82, 2.24) is 4.98 Å². The molecule has 0 saturated carbocycles. The van der Waals surface area contributed by atoms with Crippen LogP contribution < -0.4 is 4.74 Å². The van der Waals surface area contributed by atoms with E-state index in [0.29, 0.717) is 22.6 Å². The van der Waals surface area contributed by atoms with Crippen LogP contribution in [0.2, 0.25) is 0 Å². The summed E-state index contributed by atoms with van der Waals surface area (Å²) >= 11 is 0. The van der Waals surface area contributed by atoms with Gasteiger partial charge in [0, 0.05) is 11.8 Å². The molecule has 2 rings (SSSR count). The zero-order valence-electron chi connectivity index (χ0n) is 9.00. The fourth-order valence-corrected chi connectivity index (χ4v) is 1.41.